The molecule has 6 heteroatoms. The van der Waals surface area contributed by atoms with Gasteiger partial charge >= 0.3 is 5.97 Å². The van der Waals surface area contributed by atoms with Crippen LogP contribution in [-0.4, -0.2) is 30.1 Å². The maximum Gasteiger partial charge on any atom is 0.337 e. The van der Waals surface area contributed by atoms with E-state index < -0.39 is 11.4 Å². The van der Waals surface area contributed by atoms with Crippen molar-refractivity contribution >= 4 is 33.5 Å². The Morgan fingerprint density at radius 2 is 2.00 bits per heavy atom. The number of carboxylic acid groups (broad SMARTS) is 1. The van der Waals surface area contributed by atoms with Gasteiger partial charge in [-0.05, 0) is 44.1 Å². The number of carbonyl (C=O) groups excluding carboxylic acids is 1. The van der Waals surface area contributed by atoms with E-state index in [0.717, 1.165) is 30.4 Å². The summed E-state index contributed by atoms with van der Waals surface area (Å²) in [7, 11) is 0. The van der Waals surface area contributed by atoms with E-state index in [9.17, 15) is 9.59 Å². The summed E-state index contributed by atoms with van der Waals surface area (Å²) in [6.07, 6.45) is 1.49. The highest BCUT2D eigenvalue weighted by molar-refractivity contribution is 9.10. The van der Waals surface area contributed by atoms with Gasteiger partial charge in [-0.1, -0.05) is 22.9 Å². The quantitative estimate of drug-likeness (QED) is 0.789. The van der Waals surface area contributed by atoms with Crippen LogP contribution in [0.4, 0.5) is 5.69 Å². The smallest absolute Gasteiger partial charge is 0.337 e. The second-order valence-corrected chi connectivity index (χ2v) is 6.18. The number of piperidine rings is 1. The standard InChI is InChI=1S/C14H17BrN2O3/c1-14(4-6-16-7-5-14)13(20)17-11-8-9(15)2-3-10(11)12(18)19/h2-3,8,16H,4-7H2,1H3,(H,17,20)(H,18,19). The van der Waals surface area contributed by atoms with Crippen molar-refractivity contribution in [2.45, 2.75) is 19.8 Å². The predicted octanol–water partition coefficient (Wildman–Crippen LogP) is 2.48. The van der Waals surface area contributed by atoms with Crippen molar-refractivity contribution in [2.24, 2.45) is 5.41 Å². The Hall–Kier alpha value is -1.40. The third-order valence-electron chi connectivity index (χ3n) is 3.72. The Morgan fingerprint density at radius 3 is 2.60 bits per heavy atom. The Morgan fingerprint density at radius 1 is 1.35 bits per heavy atom. The van der Waals surface area contributed by atoms with Gasteiger partial charge in [-0.2, -0.15) is 0 Å². The molecule has 108 valence electrons. The van der Waals surface area contributed by atoms with Crippen LogP contribution in [0.25, 0.3) is 0 Å². The number of aromatic carboxylic acids is 1. The molecular weight excluding hydrogens is 324 g/mol. The molecule has 20 heavy (non-hydrogen) atoms. The van der Waals surface area contributed by atoms with E-state index in [0.29, 0.717) is 5.69 Å². The van der Waals surface area contributed by atoms with Crippen molar-refractivity contribution in [3.63, 3.8) is 0 Å². The fourth-order valence-electron chi connectivity index (χ4n) is 2.29. The van der Waals surface area contributed by atoms with Crippen molar-refractivity contribution in [1.29, 1.82) is 0 Å². The molecule has 0 bridgehead atoms. The summed E-state index contributed by atoms with van der Waals surface area (Å²) in [5, 5.41) is 15.1. The number of hydrogen-bond donors (Lipinski definition) is 3. The van der Waals surface area contributed by atoms with Crippen molar-refractivity contribution in [2.75, 3.05) is 18.4 Å². The zero-order chi connectivity index (χ0) is 14.8. The first-order valence-electron chi connectivity index (χ1n) is 6.47. The lowest BCUT2D eigenvalue weighted by Gasteiger charge is -2.32. The van der Waals surface area contributed by atoms with Gasteiger partial charge in [-0.3, -0.25) is 4.79 Å². The lowest BCUT2D eigenvalue weighted by molar-refractivity contribution is -0.126. The molecule has 0 atom stereocenters. The highest BCUT2D eigenvalue weighted by Crippen LogP contribution is 2.31. The summed E-state index contributed by atoms with van der Waals surface area (Å²) >= 11 is 3.29. The third-order valence-corrected chi connectivity index (χ3v) is 4.21. The predicted molar refractivity (Wildman–Crippen MR) is 79.9 cm³/mol. The summed E-state index contributed by atoms with van der Waals surface area (Å²) < 4.78 is 0.730. The van der Waals surface area contributed by atoms with Crippen LogP contribution >= 0.6 is 15.9 Å². The van der Waals surface area contributed by atoms with Crippen molar-refractivity contribution < 1.29 is 14.7 Å². The number of rotatable bonds is 3. The number of hydrogen-bond acceptors (Lipinski definition) is 3. The topological polar surface area (TPSA) is 78.4 Å². The van der Waals surface area contributed by atoms with Crippen molar-refractivity contribution in [3.05, 3.63) is 28.2 Å². The molecule has 1 fully saturated rings. The molecule has 1 aliphatic heterocycles. The van der Waals surface area contributed by atoms with Gasteiger partial charge in [0, 0.05) is 9.89 Å². The van der Waals surface area contributed by atoms with E-state index in [1.54, 1.807) is 12.1 Å². The highest BCUT2D eigenvalue weighted by Gasteiger charge is 2.35. The Kier molecular flexibility index (Phi) is 4.45. The van der Waals surface area contributed by atoms with Crippen LogP contribution in [0.15, 0.2) is 22.7 Å². The number of nitrogens with one attached hydrogen (secondary N) is 2. The molecule has 0 aromatic heterocycles. The molecule has 5 nitrogen and oxygen atoms in total. The summed E-state index contributed by atoms with van der Waals surface area (Å²) in [6.45, 7) is 3.52. The molecule has 1 amide bonds. The maximum absolute atomic E-state index is 12.4. The van der Waals surface area contributed by atoms with Crippen molar-refractivity contribution in [3.8, 4) is 0 Å². The van der Waals surface area contributed by atoms with E-state index in [1.165, 1.54) is 6.07 Å². The monoisotopic (exact) mass is 340 g/mol. The van der Waals surface area contributed by atoms with Gasteiger partial charge in [0.1, 0.15) is 0 Å². The molecule has 0 unspecified atom stereocenters. The Bertz CT molecular complexity index is 539. The minimum atomic E-state index is -1.05. The fraction of sp³-hybridized carbons (Fsp3) is 0.429. The van der Waals surface area contributed by atoms with Crippen LogP contribution in [0.5, 0.6) is 0 Å². The van der Waals surface area contributed by atoms with E-state index in [-0.39, 0.29) is 11.5 Å². The fourth-order valence-corrected chi connectivity index (χ4v) is 2.65. The first-order chi connectivity index (χ1) is 9.42. The summed E-state index contributed by atoms with van der Waals surface area (Å²) in [5.74, 6) is -1.18. The number of halogens is 1. The number of carbonyl (C=O) groups is 2. The minimum Gasteiger partial charge on any atom is -0.478 e. The van der Waals surface area contributed by atoms with E-state index in [2.05, 4.69) is 26.6 Å². The normalized spacial score (nSPS) is 17.5. The summed E-state index contributed by atoms with van der Waals surface area (Å²) in [4.78, 5) is 23.6. The van der Waals surface area contributed by atoms with E-state index in [4.69, 9.17) is 5.11 Å². The first kappa shape index (κ1) is 15.0. The molecule has 0 radical (unpaired) electrons. The van der Waals surface area contributed by atoms with Crippen molar-refractivity contribution in [1.82, 2.24) is 5.32 Å². The number of carboxylic acids is 1. The Balaban J connectivity index is 2.23. The molecule has 1 aliphatic rings. The maximum atomic E-state index is 12.4. The summed E-state index contributed by atoms with van der Waals surface area (Å²) in [6, 6.07) is 4.74. The van der Waals surface area contributed by atoms with Gasteiger partial charge in [0.2, 0.25) is 5.91 Å². The molecule has 1 aromatic rings. The zero-order valence-electron chi connectivity index (χ0n) is 11.2. The van der Waals surface area contributed by atoms with Crippen LogP contribution in [0, 0.1) is 5.41 Å². The van der Waals surface area contributed by atoms with Gasteiger partial charge < -0.3 is 15.7 Å². The minimum absolute atomic E-state index is 0.0964. The molecule has 0 spiro atoms. The van der Waals surface area contributed by atoms with Gasteiger partial charge in [-0.25, -0.2) is 4.79 Å². The number of amides is 1. The Labute approximate surface area is 125 Å². The van der Waals surface area contributed by atoms with E-state index in [1.807, 2.05) is 6.92 Å². The zero-order valence-corrected chi connectivity index (χ0v) is 12.8. The molecule has 0 aliphatic carbocycles. The lowest BCUT2D eigenvalue weighted by atomic mass is 9.80. The average Bonchev–Trinajstić information content (AvgIpc) is 2.39. The van der Waals surface area contributed by atoms with Crippen LogP contribution in [0.3, 0.4) is 0 Å². The molecule has 3 N–H and O–H groups in total. The van der Waals surface area contributed by atoms with Gasteiger partial charge in [0.15, 0.2) is 0 Å². The van der Waals surface area contributed by atoms with Crippen LogP contribution in [-0.2, 0) is 4.79 Å². The highest BCUT2D eigenvalue weighted by atomic mass is 79.9. The molecule has 1 saturated heterocycles. The van der Waals surface area contributed by atoms with Crippen LogP contribution in [0.2, 0.25) is 0 Å². The van der Waals surface area contributed by atoms with E-state index >= 15 is 0 Å². The average molecular weight is 341 g/mol. The second-order valence-electron chi connectivity index (χ2n) is 5.26. The first-order valence-corrected chi connectivity index (χ1v) is 7.27. The lowest BCUT2D eigenvalue weighted by Crippen LogP contribution is -2.43. The third kappa shape index (κ3) is 3.19. The van der Waals surface area contributed by atoms with Crippen LogP contribution < -0.4 is 10.6 Å². The number of benzene rings is 1. The number of anilines is 1. The van der Waals surface area contributed by atoms with Gasteiger partial charge in [-0.15, -0.1) is 0 Å². The SMILES string of the molecule is CC1(C(=O)Nc2cc(Br)ccc2C(=O)O)CCNCC1. The molecule has 1 aromatic carbocycles. The molecule has 1 heterocycles. The largest absolute Gasteiger partial charge is 0.478 e. The molecule has 2 rings (SSSR count). The molecular formula is C14H17BrN2O3. The molecule has 0 saturated carbocycles. The van der Waals surface area contributed by atoms with Gasteiger partial charge in [0.05, 0.1) is 11.3 Å². The second kappa shape index (κ2) is 5.93. The summed E-state index contributed by atoms with van der Waals surface area (Å²) in [5.41, 5.74) is -0.0284. The van der Waals surface area contributed by atoms with Crippen LogP contribution in [0.1, 0.15) is 30.1 Å². The van der Waals surface area contributed by atoms with Gasteiger partial charge in [0.25, 0.3) is 0 Å².